The molecule has 0 fully saturated rings. The molecule has 0 saturated heterocycles. The second-order valence-electron chi connectivity index (χ2n) is 2.48. The van der Waals surface area contributed by atoms with Gasteiger partial charge < -0.3 is 15.1 Å². The minimum atomic E-state index is -0.255. The molecule has 0 aliphatic heterocycles. The summed E-state index contributed by atoms with van der Waals surface area (Å²) in [6.45, 7) is -0.510. The monoisotopic (exact) mass is 177 g/mol. The summed E-state index contributed by atoms with van der Waals surface area (Å²) < 4.78 is 0. The minimum Gasteiger partial charge on any atom is -0.376 e. The Morgan fingerprint density at radius 2 is 1.85 bits per heavy atom. The smallest absolute Gasteiger partial charge is 0.117 e. The molecule has 1 aromatic carbocycles. The van der Waals surface area contributed by atoms with Crippen LogP contribution < -0.4 is 4.90 Å². The van der Waals surface area contributed by atoms with Gasteiger partial charge in [0, 0.05) is 5.56 Å². The molecule has 0 spiro atoms. The van der Waals surface area contributed by atoms with Crippen molar-refractivity contribution in [3.63, 3.8) is 0 Å². The molecule has 0 amide bonds. The summed E-state index contributed by atoms with van der Waals surface area (Å²) in [4.78, 5) is 1.37. The fourth-order valence-corrected chi connectivity index (χ4v) is 1.07. The number of nitrogens with zero attached hydrogens (tertiary/aromatic N) is 1. The van der Waals surface area contributed by atoms with E-state index in [1.165, 1.54) is 4.90 Å². The second-order valence-corrected chi connectivity index (χ2v) is 2.48. The molecule has 0 atom stereocenters. The molecule has 1 aromatic rings. The third kappa shape index (κ3) is 2.00. The molecule has 0 unspecified atom stereocenters. The average molecular weight is 177 g/mol. The molecule has 0 aliphatic carbocycles. The van der Waals surface area contributed by atoms with Crippen molar-refractivity contribution in [2.24, 2.45) is 0 Å². The first kappa shape index (κ1) is 9.59. The molecule has 1 rings (SSSR count). The van der Waals surface area contributed by atoms with Gasteiger partial charge in [-0.1, -0.05) is 18.1 Å². The molecule has 0 heterocycles. The zero-order valence-corrected chi connectivity index (χ0v) is 7.14. The van der Waals surface area contributed by atoms with Crippen molar-refractivity contribution >= 4 is 5.69 Å². The van der Waals surface area contributed by atoms with Crippen LogP contribution in [0.5, 0.6) is 0 Å². The topological polar surface area (TPSA) is 43.7 Å². The van der Waals surface area contributed by atoms with Gasteiger partial charge in [0.05, 0.1) is 5.69 Å². The second kappa shape index (κ2) is 4.51. The van der Waals surface area contributed by atoms with Crippen LogP contribution in [-0.4, -0.2) is 23.7 Å². The first-order valence-electron chi connectivity index (χ1n) is 3.85. The third-order valence-corrected chi connectivity index (χ3v) is 1.74. The lowest BCUT2D eigenvalue weighted by Crippen LogP contribution is -2.25. The lowest BCUT2D eigenvalue weighted by atomic mass is 10.2. The standard InChI is InChI=1S/C10H11NO2/c1-2-9-5-3-4-6-10(9)11(7-12)8-13/h1,3-6,12-13H,7-8H2. The number of benzene rings is 1. The zero-order chi connectivity index (χ0) is 9.68. The Bertz CT molecular complexity index is 313. The highest BCUT2D eigenvalue weighted by molar-refractivity contribution is 5.59. The van der Waals surface area contributed by atoms with Gasteiger partial charge in [-0.25, -0.2) is 0 Å². The number of para-hydroxylation sites is 1. The number of anilines is 1. The van der Waals surface area contributed by atoms with Crippen LogP contribution in [0.4, 0.5) is 5.69 Å². The van der Waals surface area contributed by atoms with E-state index in [4.69, 9.17) is 16.6 Å². The van der Waals surface area contributed by atoms with Gasteiger partial charge in [-0.15, -0.1) is 6.42 Å². The van der Waals surface area contributed by atoms with Gasteiger partial charge in [0.1, 0.15) is 13.5 Å². The van der Waals surface area contributed by atoms with Gasteiger partial charge in [-0.3, -0.25) is 0 Å². The van der Waals surface area contributed by atoms with Crippen molar-refractivity contribution in [3.8, 4) is 12.3 Å². The van der Waals surface area contributed by atoms with Crippen LogP contribution in [0.3, 0.4) is 0 Å². The molecule has 2 N–H and O–H groups in total. The number of aliphatic hydroxyl groups is 2. The largest absolute Gasteiger partial charge is 0.376 e. The van der Waals surface area contributed by atoms with Crippen molar-refractivity contribution in [2.75, 3.05) is 18.4 Å². The maximum absolute atomic E-state index is 8.90. The van der Waals surface area contributed by atoms with Crippen LogP contribution in [0.1, 0.15) is 5.56 Å². The predicted octanol–water partition coefficient (Wildman–Crippen LogP) is 0.374. The zero-order valence-electron chi connectivity index (χ0n) is 7.14. The van der Waals surface area contributed by atoms with Gasteiger partial charge in [-0.2, -0.15) is 0 Å². The van der Waals surface area contributed by atoms with Crippen LogP contribution in [0.25, 0.3) is 0 Å². The molecule has 0 saturated carbocycles. The maximum Gasteiger partial charge on any atom is 0.117 e. The molecule has 68 valence electrons. The number of hydrogen-bond acceptors (Lipinski definition) is 3. The Kier molecular flexibility index (Phi) is 3.32. The Balaban J connectivity index is 3.05. The number of rotatable bonds is 3. The molecule has 0 aromatic heterocycles. The quantitative estimate of drug-likeness (QED) is 0.518. The van der Waals surface area contributed by atoms with Crippen LogP contribution >= 0.6 is 0 Å². The Labute approximate surface area is 77.2 Å². The molecule has 0 radical (unpaired) electrons. The van der Waals surface area contributed by atoms with Gasteiger partial charge >= 0.3 is 0 Å². The Morgan fingerprint density at radius 1 is 1.23 bits per heavy atom. The van der Waals surface area contributed by atoms with Gasteiger partial charge in [-0.05, 0) is 12.1 Å². The summed E-state index contributed by atoms with van der Waals surface area (Å²) in [7, 11) is 0. The molecule has 0 bridgehead atoms. The summed E-state index contributed by atoms with van der Waals surface area (Å²) in [5.74, 6) is 2.48. The molecule has 13 heavy (non-hydrogen) atoms. The fraction of sp³-hybridized carbons (Fsp3) is 0.200. The highest BCUT2D eigenvalue weighted by Crippen LogP contribution is 2.17. The van der Waals surface area contributed by atoms with Crippen molar-refractivity contribution in [2.45, 2.75) is 0 Å². The Morgan fingerprint density at radius 3 is 2.38 bits per heavy atom. The molecule has 3 heteroatoms. The minimum absolute atomic E-state index is 0.255. The number of hydrogen-bond donors (Lipinski definition) is 2. The van der Waals surface area contributed by atoms with Crippen molar-refractivity contribution in [3.05, 3.63) is 29.8 Å². The van der Waals surface area contributed by atoms with E-state index in [0.29, 0.717) is 11.3 Å². The SMILES string of the molecule is C#Cc1ccccc1N(CO)CO. The summed E-state index contributed by atoms with van der Waals surface area (Å²) in [6, 6.07) is 7.12. The molecular weight excluding hydrogens is 166 g/mol. The van der Waals surface area contributed by atoms with E-state index < -0.39 is 0 Å². The van der Waals surface area contributed by atoms with Gasteiger partial charge in [0.25, 0.3) is 0 Å². The highest BCUT2D eigenvalue weighted by atomic mass is 16.3. The first-order chi connectivity index (χ1) is 6.33. The van der Waals surface area contributed by atoms with Crippen LogP contribution in [0.15, 0.2) is 24.3 Å². The van der Waals surface area contributed by atoms with E-state index in [1.807, 2.05) is 6.07 Å². The summed E-state index contributed by atoms with van der Waals surface area (Å²) in [5.41, 5.74) is 1.32. The highest BCUT2D eigenvalue weighted by Gasteiger charge is 2.06. The number of terminal acetylenes is 1. The normalized spacial score (nSPS) is 9.31. The van der Waals surface area contributed by atoms with Crippen molar-refractivity contribution < 1.29 is 10.2 Å². The maximum atomic E-state index is 8.90. The summed E-state index contributed by atoms with van der Waals surface area (Å²) in [6.07, 6.45) is 5.26. The number of aliphatic hydroxyl groups excluding tert-OH is 2. The summed E-state index contributed by atoms with van der Waals surface area (Å²) >= 11 is 0. The van der Waals surface area contributed by atoms with Crippen molar-refractivity contribution in [1.29, 1.82) is 0 Å². The summed E-state index contributed by atoms with van der Waals surface area (Å²) in [5, 5.41) is 17.8. The lowest BCUT2D eigenvalue weighted by molar-refractivity contribution is 0.223. The van der Waals surface area contributed by atoms with Crippen LogP contribution in [0.2, 0.25) is 0 Å². The van der Waals surface area contributed by atoms with E-state index in [9.17, 15) is 0 Å². The van der Waals surface area contributed by atoms with E-state index in [2.05, 4.69) is 5.92 Å². The molecule has 3 nitrogen and oxygen atoms in total. The van der Waals surface area contributed by atoms with E-state index in [1.54, 1.807) is 18.2 Å². The average Bonchev–Trinajstić information content (AvgIpc) is 2.20. The van der Waals surface area contributed by atoms with Gasteiger partial charge in [0.15, 0.2) is 0 Å². The fourth-order valence-electron chi connectivity index (χ4n) is 1.07. The van der Waals surface area contributed by atoms with Crippen LogP contribution in [0, 0.1) is 12.3 Å². The van der Waals surface area contributed by atoms with Gasteiger partial charge in [0.2, 0.25) is 0 Å². The Hall–Kier alpha value is -1.50. The first-order valence-corrected chi connectivity index (χ1v) is 3.85. The third-order valence-electron chi connectivity index (χ3n) is 1.74. The van der Waals surface area contributed by atoms with Crippen LogP contribution in [-0.2, 0) is 0 Å². The van der Waals surface area contributed by atoms with E-state index in [-0.39, 0.29) is 13.5 Å². The van der Waals surface area contributed by atoms with E-state index in [0.717, 1.165) is 0 Å². The molecular formula is C10H11NO2. The van der Waals surface area contributed by atoms with E-state index >= 15 is 0 Å². The molecule has 0 aliphatic rings. The lowest BCUT2D eigenvalue weighted by Gasteiger charge is -2.20. The van der Waals surface area contributed by atoms with Crippen molar-refractivity contribution in [1.82, 2.24) is 0 Å². The predicted molar refractivity (Wildman–Crippen MR) is 51.0 cm³/mol.